The van der Waals surface area contributed by atoms with Crippen molar-refractivity contribution in [3.63, 3.8) is 0 Å². The van der Waals surface area contributed by atoms with E-state index < -0.39 is 11.6 Å². The van der Waals surface area contributed by atoms with Crippen LogP contribution in [0.5, 0.6) is 0 Å². The molecule has 0 aromatic heterocycles. The van der Waals surface area contributed by atoms with E-state index in [1.807, 2.05) is 55.4 Å². The minimum absolute atomic E-state index is 0.200. The van der Waals surface area contributed by atoms with Gasteiger partial charge in [0.15, 0.2) is 0 Å². The number of hydrogen-bond donors (Lipinski definition) is 1. The smallest absolute Gasteiger partial charge is 0.326 e. The van der Waals surface area contributed by atoms with Crippen LogP contribution in [0, 0.1) is 0 Å². The van der Waals surface area contributed by atoms with Crippen molar-refractivity contribution in [1.82, 2.24) is 5.32 Å². The maximum atomic E-state index is 12.0. The van der Waals surface area contributed by atoms with Crippen LogP contribution in [0.1, 0.15) is 55.4 Å². The van der Waals surface area contributed by atoms with E-state index in [1.165, 1.54) is 0 Å². The highest BCUT2D eigenvalue weighted by atomic mass is 16.6. The number of ether oxygens (including phenoxy) is 2. The molecule has 0 amide bonds. The van der Waals surface area contributed by atoms with Gasteiger partial charge in [0.2, 0.25) is 0 Å². The fourth-order valence-corrected chi connectivity index (χ4v) is 1.29. The highest BCUT2D eigenvalue weighted by Gasteiger charge is 2.27. The molecule has 0 aliphatic carbocycles. The number of hydrogen-bond acceptors (Lipinski definition) is 4. The van der Waals surface area contributed by atoms with Crippen molar-refractivity contribution in [3.05, 3.63) is 0 Å². The molecule has 0 fully saturated rings. The molecule has 0 heterocycles. The molecule has 0 aromatic carbocycles. The quantitative estimate of drug-likeness (QED) is 0.771. The predicted octanol–water partition coefficient (Wildman–Crippen LogP) is 2.51. The Morgan fingerprint density at radius 1 is 1.06 bits per heavy atom. The van der Waals surface area contributed by atoms with E-state index in [4.69, 9.17) is 9.47 Å². The van der Waals surface area contributed by atoms with Gasteiger partial charge in [-0.1, -0.05) is 13.8 Å². The van der Waals surface area contributed by atoms with Gasteiger partial charge in [-0.15, -0.1) is 0 Å². The molecule has 1 atom stereocenters. The van der Waals surface area contributed by atoms with Gasteiger partial charge < -0.3 is 14.8 Å². The fraction of sp³-hybridized carbons (Fsp3) is 0.929. The second kappa shape index (κ2) is 6.53. The van der Waals surface area contributed by atoms with Gasteiger partial charge >= 0.3 is 5.97 Å². The Bertz CT molecular complexity index is 261. The molecule has 1 N–H and O–H groups in total. The van der Waals surface area contributed by atoms with Crippen molar-refractivity contribution in [3.8, 4) is 0 Å². The lowest BCUT2D eigenvalue weighted by Gasteiger charge is -2.28. The molecular formula is C14H29NO3. The Kier molecular flexibility index (Phi) is 6.30. The highest BCUT2D eigenvalue weighted by molar-refractivity contribution is 5.76. The SMILES string of the molecule is CC(C)NC(COC(C)(C)C)C(=O)OC(C)(C)C. The maximum absolute atomic E-state index is 12.0. The molecular weight excluding hydrogens is 230 g/mol. The summed E-state index contributed by atoms with van der Waals surface area (Å²) in [6.45, 7) is 15.8. The molecule has 0 saturated carbocycles. The van der Waals surface area contributed by atoms with Gasteiger partial charge in [-0.25, -0.2) is 0 Å². The summed E-state index contributed by atoms with van der Waals surface area (Å²) >= 11 is 0. The van der Waals surface area contributed by atoms with Crippen LogP contribution in [0.25, 0.3) is 0 Å². The van der Waals surface area contributed by atoms with E-state index in [0.29, 0.717) is 6.61 Å². The van der Waals surface area contributed by atoms with Gasteiger partial charge in [-0.2, -0.15) is 0 Å². The lowest BCUT2D eigenvalue weighted by Crippen LogP contribution is -2.48. The minimum Gasteiger partial charge on any atom is -0.459 e. The summed E-state index contributed by atoms with van der Waals surface area (Å²) in [5.74, 6) is -0.263. The van der Waals surface area contributed by atoms with Gasteiger partial charge in [0.1, 0.15) is 11.6 Å². The molecule has 0 bridgehead atoms. The van der Waals surface area contributed by atoms with Crippen molar-refractivity contribution < 1.29 is 14.3 Å². The zero-order valence-electron chi connectivity index (χ0n) is 13.1. The summed E-state index contributed by atoms with van der Waals surface area (Å²) in [6, 6.07) is -0.227. The fourth-order valence-electron chi connectivity index (χ4n) is 1.29. The first-order valence-corrected chi connectivity index (χ1v) is 6.53. The van der Waals surface area contributed by atoms with Crippen molar-refractivity contribution in [2.75, 3.05) is 6.61 Å². The van der Waals surface area contributed by atoms with Crippen LogP contribution in [0.15, 0.2) is 0 Å². The molecule has 0 aliphatic rings. The molecule has 0 spiro atoms. The lowest BCUT2D eigenvalue weighted by molar-refractivity contribution is -0.160. The second-order valence-electron chi connectivity index (χ2n) is 6.83. The van der Waals surface area contributed by atoms with E-state index >= 15 is 0 Å². The van der Waals surface area contributed by atoms with E-state index in [2.05, 4.69) is 5.32 Å². The Labute approximate surface area is 111 Å². The van der Waals surface area contributed by atoms with Gasteiger partial charge in [0.05, 0.1) is 12.2 Å². The van der Waals surface area contributed by atoms with Crippen LogP contribution < -0.4 is 5.32 Å². The van der Waals surface area contributed by atoms with Crippen LogP contribution in [0.3, 0.4) is 0 Å². The molecule has 18 heavy (non-hydrogen) atoms. The van der Waals surface area contributed by atoms with Crippen molar-refractivity contribution in [1.29, 1.82) is 0 Å². The lowest BCUT2D eigenvalue weighted by atomic mass is 10.1. The Balaban J connectivity index is 4.53. The van der Waals surface area contributed by atoms with Crippen LogP contribution in [0.4, 0.5) is 0 Å². The normalized spacial score (nSPS) is 14.7. The number of nitrogens with one attached hydrogen (secondary N) is 1. The molecule has 1 unspecified atom stereocenters. The predicted molar refractivity (Wildman–Crippen MR) is 73.6 cm³/mol. The molecule has 108 valence electrons. The third-order valence-corrected chi connectivity index (χ3v) is 1.91. The molecule has 0 aromatic rings. The Morgan fingerprint density at radius 3 is 1.89 bits per heavy atom. The number of esters is 1. The van der Waals surface area contributed by atoms with Gasteiger partial charge in [-0.3, -0.25) is 4.79 Å². The third-order valence-electron chi connectivity index (χ3n) is 1.91. The maximum Gasteiger partial charge on any atom is 0.326 e. The molecule has 4 heteroatoms. The third kappa shape index (κ3) is 9.42. The van der Waals surface area contributed by atoms with Crippen LogP contribution in [0.2, 0.25) is 0 Å². The van der Waals surface area contributed by atoms with Crippen LogP contribution in [-0.2, 0) is 14.3 Å². The topological polar surface area (TPSA) is 47.6 Å². The number of carbonyl (C=O) groups excluding carboxylic acids is 1. The van der Waals surface area contributed by atoms with E-state index in [9.17, 15) is 4.79 Å². The largest absolute Gasteiger partial charge is 0.459 e. The average Bonchev–Trinajstić information content (AvgIpc) is 2.06. The summed E-state index contributed by atoms with van der Waals surface area (Å²) in [6.07, 6.45) is 0. The van der Waals surface area contributed by atoms with Gasteiger partial charge in [0.25, 0.3) is 0 Å². The van der Waals surface area contributed by atoms with Crippen LogP contribution in [-0.4, -0.2) is 35.9 Å². The monoisotopic (exact) mass is 259 g/mol. The van der Waals surface area contributed by atoms with Gasteiger partial charge in [0, 0.05) is 6.04 Å². The Morgan fingerprint density at radius 2 is 1.56 bits per heavy atom. The summed E-state index contributed by atoms with van der Waals surface area (Å²) in [5, 5.41) is 3.18. The van der Waals surface area contributed by atoms with Crippen molar-refractivity contribution in [2.24, 2.45) is 0 Å². The first-order chi connectivity index (χ1) is 7.91. The Hall–Kier alpha value is -0.610. The summed E-state index contributed by atoms with van der Waals surface area (Å²) < 4.78 is 11.0. The summed E-state index contributed by atoms with van der Waals surface area (Å²) in [7, 11) is 0. The molecule has 0 aliphatic heterocycles. The van der Waals surface area contributed by atoms with Crippen LogP contribution >= 0.6 is 0 Å². The molecule has 4 nitrogen and oxygen atoms in total. The summed E-state index contributed by atoms with van der Waals surface area (Å²) in [4.78, 5) is 12.0. The summed E-state index contributed by atoms with van der Waals surface area (Å²) in [5.41, 5.74) is -0.741. The standard InChI is InChI=1S/C14H29NO3/c1-10(2)15-11(9-17-13(3,4)5)12(16)18-14(6,7)8/h10-11,15H,9H2,1-8H3. The first-order valence-electron chi connectivity index (χ1n) is 6.53. The average molecular weight is 259 g/mol. The zero-order chi connectivity index (χ0) is 14.6. The first kappa shape index (κ1) is 17.4. The highest BCUT2D eigenvalue weighted by Crippen LogP contribution is 2.12. The van der Waals surface area contributed by atoms with E-state index in [-0.39, 0.29) is 17.6 Å². The molecule has 0 rings (SSSR count). The molecule has 0 radical (unpaired) electrons. The number of carbonyl (C=O) groups is 1. The van der Waals surface area contributed by atoms with E-state index in [0.717, 1.165) is 0 Å². The molecule has 0 saturated heterocycles. The van der Waals surface area contributed by atoms with Crippen molar-refractivity contribution >= 4 is 5.97 Å². The second-order valence-corrected chi connectivity index (χ2v) is 6.83. The van der Waals surface area contributed by atoms with Crippen molar-refractivity contribution in [2.45, 2.75) is 78.7 Å². The zero-order valence-corrected chi connectivity index (χ0v) is 13.1. The van der Waals surface area contributed by atoms with E-state index in [1.54, 1.807) is 0 Å². The van der Waals surface area contributed by atoms with Gasteiger partial charge in [-0.05, 0) is 41.5 Å². The number of rotatable bonds is 5. The minimum atomic E-state index is -0.476.